The van der Waals surface area contributed by atoms with E-state index in [9.17, 15) is 9.18 Å². The molecule has 0 bridgehead atoms. The number of nitrogens with zero attached hydrogens (tertiary/aromatic N) is 1. The molecule has 4 nitrogen and oxygen atoms in total. The minimum atomic E-state index is -0.417. The molecule has 6 heteroatoms. The second kappa shape index (κ2) is 7.10. The summed E-state index contributed by atoms with van der Waals surface area (Å²) >= 11 is 6.08. The highest BCUT2D eigenvalue weighted by Crippen LogP contribution is 2.24. The summed E-state index contributed by atoms with van der Waals surface area (Å²) in [4.78, 5) is 16.2. The molecular weight excluding hydrogens is 329 g/mol. The van der Waals surface area contributed by atoms with Crippen LogP contribution < -0.4 is 10.6 Å². The van der Waals surface area contributed by atoms with Crippen LogP contribution in [0.5, 0.6) is 0 Å². The van der Waals surface area contributed by atoms with Crippen LogP contribution in [0.25, 0.3) is 0 Å². The van der Waals surface area contributed by atoms with Crippen molar-refractivity contribution in [1.82, 2.24) is 4.98 Å². The second-order valence-electron chi connectivity index (χ2n) is 5.00. The van der Waals surface area contributed by atoms with E-state index in [0.29, 0.717) is 16.4 Å². The number of para-hydroxylation sites is 1. The number of aromatic nitrogens is 1. The Kier molecular flexibility index (Phi) is 4.72. The lowest BCUT2D eigenvalue weighted by Gasteiger charge is -2.09. The van der Waals surface area contributed by atoms with Crippen molar-refractivity contribution in [2.24, 2.45) is 0 Å². The number of rotatable bonds is 4. The topological polar surface area (TPSA) is 54.0 Å². The summed E-state index contributed by atoms with van der Waals surface area (Å²) in [6.45, 7) is 0. The normalized spacial score (nSPS) is 10.2. The molecule has 3 rings (SSSR count). The molecule has 3 aromatic rings. The Morgan fingerprint density at radius 3 is 2.54 bits per heavy atom. The van der Waals surface area contributed by atoms with Gasteiger partial charge in [-0.25, -0.2) is 9.37 Å². The van der Waals surface area contributed by atoms with Crippen molar-refractivity contribution in [3.8, 4) is 0 Å². The molecule has 0 saturated heterocycles. The number of nitrogens with one attached hydrogen (secondary N) is 2. The summed E-state index contributed by atoms with van der Waals surface area (Å²) in [5.41, 5.74) is 2.05. The van der Waals surface area contributed by atoms with Crippen molar-refractivity contribution in [3.63, 3.8) is 0 Å². The van der Waals surface area contributed by atoms with E-state index in [4.69, 9.17) is 11.6 Å². The van der Waals surface area contributed by atoms with E-state index >= 15 is 0 Å². The largest absolute Gasteiger partial charge is 0.353 e. The van der Waals surface area contributed by atoms with Gasteiger partial charge >= 0.3 is 0 Å². The number of carbonyl (C=O) groups is 1. The molecule has 0 spiro atoms. The third-order valence-electron chi connectivity index (χ3n) is 3.23. The van der Waals surface area contributed by atoms with Crippen molar-refractivity contribution in [3.05, 3.63) is 83.4 Å². The fraction of sp³-hybridized carbons (Fsp3) is 0. The number of benzene rings is 2. The first-order chi connectivity index (χ1) is 11.6. The second-order valence-corrected chi connectivity index (χ2v) is 5.41. The highest BCUT2D eigenvalue weighted by molar-refractivity contribution is 6.33. The van der Waals surface area contributed by atoms with Crippen molar-refractivity contribution in [1.29, 1.82) is 0 Å². The Morgan fingerprint density at radius 1 is 1.00 bits per heavy atom. The Balaban J connectivity index is 1.70. The zero-order valence-electron chi connectivity index (χ0n) is 12.5. The molecule has 1 aromatic heterocycles. The first kappa shape index (κ1) is 16.0. The lowest BCUT2D eigenvalue weighted by molar-refractivity contribution is 0.102. The molecule has 0 fully saturated rings. The molecule has 0 radical (unpaired) electrons. The van der Waals surface area contributed by atoms with Gasteiger partial charge in [0.1, 0.15) is 11.5 Å². The molecule has 1 heterocycles. The van der Waals surface area contributed by atoms with E-state index in [1.165, 1.54) is 24.4 Å². The molecule has 0 saturated carbocycles. The number of pyridine rings is 1. The van der Waals surface area contributed by atoms with Gasteiger partial charge in [-0.05, 0) is 42.5 Å². The fourth-order valence-electron chi connectivity index (χ4n) is 2.08. The van der Waals surface area contributed by atoms with E-state index in [0.717, 1.165) is 5.69 Å². The number of amides is 1. The predicted octanol–water partition coefficient (Wildman–Crippen LogP) is 4.87. The highest BCUT2D eigenvalue weighted by Gasteiger charge is 2.08. The first-order valence-electron chi connectivity index (χ1n) is 7.16. The number of anilines is 3. The van der Waals surface area contributed by atoms with Gasteiger partial charge in [0.25, 0.3) is 5.91 Å². The maximum Gasteiger partial charge on any atom is 0.274 e. The van der Waals surface area contributed by atoms with Gasteiger partial charge < -0.3 is 10.6 Å². The molecule has 2 N–H and O–H groups in total. The van der Waals surface area contributed by atoms with Crippen LogP contribution in [0.3, 0.4) is 0 Å². The van der Waals surface area contributed by atoms with Gasteiger partial charge in [0.15, 0.2) is 0 Å². The maximum absolute atomic E-state index is 13.1. The van der Waals surface area contributed by atoms with Crippen molar-refractivity contribution in [2.45, 2.75) is 0 Å². The summed E-state index contributed by atoms with van der Waals surface area (Å²) in [6, 6.07) is 16.3. The van der Waals surface area contributed by atoms with E-state index in [2.05, 4.69) is 15.6 Å². The van der Waals surface area contributed by atoms with E-state index < -0.39 is 11.7 Å². The number of carbonyl (C=O) groups excluding carboxylic acids is 1. The quantitative estimate of drug-likeness (QED) is 0.711. The average Bonchev–Trinajstić information content (AvgIpc) is 2.57. The summed E-state index contributed by atoms with van der Waals surface area (Å²) in [5.74, 6) is -0.829. The zero-order chi connectivity index (χ0) is 16.9. The van der Waals surface area contributed by atoms with Crippen LogP contribution in [-0.2, 0) is 0 Å². The molecule has 0 aliphatic carbocycles. The van der Waals surface area contributed by atoms with E-state index in [1.54, 1.807) is 24.3 Å². The lowest BCUT2D eigenvalue weighted by atomic mass is 10.2. The van der Waals surface area contributed by atoms with Crippen molar-refractivity contribution >= 4 is 34.6 Å². The van der Waals surface area contributed by atoms with Crippen LogP contribution in [-0.4, -0.2) is 10.9 Å². The van der Waals surface area contributed by atoms with Gasteiger partial charge in [0.05, 0.1) is 22.6 Å². The van der Waals surface area contributed by atoms with Gasteiger partial charge in [0.2, 0.25) is 0 Å². The molecule has 0 unspecified atom stereocenters. The SMILES string of the molecule is O=C(Nc1cccc(F)c1)c1ccc(Nc2ccccc2Cl)cn1. The lowest BCUT2D eigenvalue weighted by Crippen LogP contribution is -2.13. The van der Waals surface area contributed by atoms with Crippen LogP contribution >= 0.6 is 11.6 Å². The minimum absolute atomic E-state index is 0.226. The standard InChI is InChI=1S/C18H13ClFN3O/c19-15-6-1-2-7-16(15)22-14-8-9-17(21-11-14)18(24)23-13-5-3-4-12(20)10-13/h1-11,22H,(H,23,24). The smallest absolute Gasteiger partial charge is 0.274 e. The van der Waals surface area contributed by atoms with Crippen LogP contribution in [0.2, 0.25) is 5.02 Å². The Bertz CT molecular complexity index is 868. The van der Waals surface area contributed by atoms with Crippen LogP contribution in [0, 0.1) is 5.82 Å². The third-order valence-corrected chi connectivity index (χ3v) is 3.56. The minimum Gasteiger partial charge on any atom is -0.353 e. The maximum atomic E-state index is 13.1. The monoisotopic (exact) mass is 341 g/mol. The third kappa shape index (κ3) is 3.88. The summed E-state index contributed by atoms with van der Waals surface area (Å²) in [7, 11) is 0. The molecule has 0 aliphatic heterocycles. The van der Waals surface area contributed by atoms with Gasteiger partial charge in [0, 0.05) is 5.69 Å². The molecule has 0 aliphatic rings. The molecule has 24 heavy (non-hydrogen) atoms. The average molecular weight is 342 g/mol. The first-order valence-corrected chi connectivity index (χ1v) is 7.54. The number of halogens is 2. The van der Waals surface area contributed by atoms with Gasteiger partial charge in [-0.3, -0.25) is 4.79 Å². The molecular formula is C18H13ClFN3O. The Hall–Kier alpha value is -2.92. The molecule has 2 aromatic carbocycles. The van der Waals surface area contributed by atoms with Crippen molar-refractivity contribution < 1.29 is 9.18 Å². The van der Waals surface area contributed by atoms with Crippen LogP contribution in [0.15, 0.2) is 66.9 Å². The van der Waals surface area contributed by atoms with Gasteiger partial charge in [-0.2, -0.15) is 0 Å². The van der Waals surface area contributed by atoms with Crippen molar-refractivity contribution in [2.75, 3.05) is 10.6 Å². The highest BCUT2D eigenvalue weighted by atomic mass is 35.5. The van der Waals surface area contributed by atoms with E-state index in [-0.39, 0.29) is 5.69 Å². The summed E-state index contributed by atoms with van der Waals surface area (Å²) in [6.07, 6.45) is 1.53. The van der Waals surface area contributed by atoms with E-state index in [1.807, 2.05) is 18.2 Å². The van der Waals surface area contributed by atoms with Gasteiger partial charge in [-0.15, -0.1) is 0 Å². The molecule has 1 amide bonds. The zero-order valence-corrected chi connectivity index (χ0v) is 13.2. The Morgan fingerprint density at radius 2 is 1.83 bits per heavy atom. The number of hydrogen-bond donors (Lipinski definition) is 2. The molecule has 0 atom stereocenters. The van der Waals surface area contributed by atoms with Gasteiger partial charge in [-0.1, -0.05) is 29.8 Å². The number of hydrogen-bond acceptors (Lipinski definition) is 3. The van der Waals surface area contributed by atoms with Crippen LogP contribution in [0.4, 0.5) is 21.5 Å². The summed E-state index contributed by atoms with van der Waals surface area (Å²) in [5, 5.41) is 6.30. The Labute approximate surface area is 143 Å². The summed E-state index contributed by atoms with van der Waals surface area (Å²) < 4.78 is 13.1. The molecule has 120 valence electrons. The van der Waals surface area contributed by atoms with Crippen LogP contribution in [0.1, 0.15) is 10.5 Å². The predicted molar refractivity (Wildman–Crippen MR) is 93.3 cm³/mol. The fourth-order valence-corrected chi connectivity index (χ4v) is 2.26.